The second-order valence-corrected chi connectivity index (χ2v) is 26.0. The average Bonchev–Trinajstić information content (AvgIpc) is 1.60. The minimum Gasteiger partial charge on any atom is -0.309 e. The van der Waals surface area contributed by atoms with E-state index in [2.05, 4.69) is 407 Å². The van der Waals surface area contributed by atoms with E-state index in [-0.39, 0.29) is 0 Å². The highest BCUT2D eigenvalue weighted by molar-refractivity contribution is 6.15. The number of benzene rings is 16. The molecule has 468 valence electrons. The molecule has 0 radical (unpaired) electrons. The normalized spacial score (nSPS) is 11.6. The quantitative estimate of drug-likeness (QED) is 0.130. The van der Waals surface area contributed by atoms with Gasteiger partial charge in [-0.15, -0.1) is 0 Å². The van der Waals surface area contributed by atoms with Crippen molar-refractivity contribution in [3.8, 4) is 89.5 Å². The van der Waals surface area contributed by atoms with E-state index in [1.165, 1.54) is 165 Å². The highest BCUT2D eigenvalue weighted by Gasteiger charge is 2.20. The lowest BCUT2D eigenvalue weighted by Crippen LogP contribution is -1.94. The number of hydrogen-bond donors (Lipinski definition) is 0. The van der Waals surface area contributed by atoms with Gasteiger partial charge >= 0.3 is 0 Å². The van der Waals surface area contributed by atoms with Crippen LogP contribution < -0.4 is 0 Å². The van der Waals surface area contributed by atoms with Crippen LogP contribution in [0.25, 0.3) is 177 Å². The van der Waals surface area contributed by atoms with Crippen LogP contribution in [0.5, 0.6) is 0 Å². The standard InChI is InChI=1S/2C48H32N2/c1-3-13-33(14-4-1)34-15-11-16-35(29-34)36-17-12-20-40(30-36)50-46-24-10-8-22-42(46)44-32-38(26-28-48(44)50)37-25-27-47-43(31-37)41-21-7-9-23-45(41)49(47)39-18-5-2-6-19-39;1-3-12-33(13-4-1)34-22-24-35(25-23-34)36-14-11-17-40(30-36)50-46-21-10-8-19-42(46)44-32-38(27-29-48(44)50)37-26-28-47-43(31-37)41-18-7-9-20-45(41)49(47)39-15-5-2-6-16-39/h2*1-32H. The maximum Gasteiger partial charge on any atom is 0.0541 e. The van der Waals surface area contributed by atoms with Gasteiger partial charge in [0.2, 0.25) is 0 Å². The van der Waals surface area contributed by atoms with Crippen LogP contribution in [0.2, 0.25) is 0 Å². The Kier molecular flexibility index (Phi) is 14.2. The Morgan fingerprint density at radius 3 is 0.670 bits per heavy atom. The zero-order valence-corrected chi connectivity index (χ0v) is 54.7. The van der Waals surface area contributed by atoms with Crippen LogP contribution >= 0.6 is 0 Å². The largest absolute Gasteiger partial charge is 0.309 e. The number of rotatable bonds is 10. The molecule has 0 saturated carbocycles. The summed E-state index contributed by atoms with van der Waals surface area (Å²) in [6.07, 6.45) is 0. The lowest BCUT2D eigenvalue weighted by atomic mass is 9.99. The van der Waals surface area contributed by atoms with E-state index in [0.29, 0.717) is 0 Å². The van der Waals surface area contributed by atoms with E-state index in [0.717, 1.165) is 11.4 Å². The van der Waals surface area contributed by atoms with Crippen molar-refractivity contribution in [2.45, 2.75) is 0 Å². The van der Waals surface area contributed by atoms with Crippen LogP contribution in [0.3, 0.4) is 0 Å². The third kappa shape index (κ3) is 10.1. The monoisotopic (exact) mass is 1270 g/mol. The van der Waals surface area contributed by atoms with E-state index in [1.807, 2.05) is 0 Å². The van der Waals surface area contributed by atoms with Crippen molar-refractivity contribution in [3.63, 3.8) is 0 Å². The van der Waals surface area contributed by atoms with Crippen LogP contribution in [0.15, 0.2) is 388 Å². The van der Waals surface area contributed by atoms with E-state index in [9.17, 15) is 0 Å². The van der Waals surface area contributed by atoms with Crippen LogP contribution in [-0.2, 0) is 0 Å². The summed E-state index contributed by atoms with van der Waals surface area (Å²) in [6.45, 7) is 0. The zero-order chi connectivity index (χ0) is 66.0. The van der Waals surface area contributed by atoms with Crippen LogP contribution in [0.1, 0.15) is 0 Å². The van der Waals surface area contributed by atoms with E-state index in [1.54, 1.807) is 0 Å². The molecule has 20 aromatic rings. The second kappa shape index (κ2) is 24.4. The Morgan fingerprint density at radius 2 is 0.310 bits per heavy atom. The molecule has 4 heterocycles. The lowest BCUT2D eigenvalue weighted by molar-refractivity contribution is 1.18. The first-order chi connectivity index (χ1) is 49.6. The first-order valence-electron chi connectivity index (χ1n) is 34.4. The number of para-hydroxylation sites is 6. The summed E-state index contributed by atoms with van der Waals surface area (Å²) in [5, 5.41) is 10.1. The molecular weight excluding hydrogens is 1210 g/mol. The number of nitrogens with zero attached hydrogens (tertiary/aromatic N) is 4. The minimum atomic E-state index is 1.15. The third-order valence-electron chi connectivity index (χ3n) is 20.2. The fourth-order valence-corrected chi connectivity index (χ4v) is 15.5. The van der Waals surface area contributed by atoms with E-state index in [4.69, 9.17) is 0 Å². The molecule has 0 N–H and O–H groups in total. The molecular formula is C96H64N4. The number of fused-ring (bicyclic) bond motifs is 12. The van der Waals surface area contributed by atoms with Gasteiger partial charge < -0.3 is 18.3 Å². The van der Waals surface area contributed by atoms with Crippen LogP contribution in [-0.4, -0.2) is 18.3 Å². The van der Waals surface area contributed by atoms with Crippen molar-refractivity contribution in [1.82, 2.24) is 18.3 Å². The van der Waals surface area contributed by atoms with Gasteiger partial charge in [-0.3, -0.25) is 0 Å². The second-order valence-electron chi connectivity index (χ2n) is 26.0. The third-order valence-corrected chi connectivity index (χ3v) is 20.2. The highest BCUT2D eigenvalue weighted by Crippen LogP contribution is 2.42. The van der Waals surface area contributed by atoms with Crippen LogP contribution in [0, 0.1) is 0 Å². The van der Waals surface area contributed by atoms with Gasteiger partial charge in [0.1, 0.15) is 0 Å². The molecule has 4 nitrogen and oxygen atoms in total. The van der Waals surface area contributed by atoms with Crippen molar-refractivity contribution < 1.29 is 0 Å². The first-order valence-corrected chi connectivity index (χ1v) is 34.4. The summed E-state index contributed by atoms with van der Waals surface area (Å²) in [6, 6.07) is 141. The molecule has 16 aromatic carbocycles. The predicted molar refractivity (Wildman–Crippen MR) is 423 cm³/mol. The van der Waals surface area contributed by atoms with Gasteiger partial charge in [-0.05, 0) is 194 Å². The number of aromatic nitrogens is 4. The molecule has 0 unspecified atom stereocenters. The van der Waals surface area contributed by atoms with Crippen molar-refractivity contribution in [2.24, 2.45) is 0 Å². The fourth-order valence-electron chi connectivity index (χ4n) is 15.5. The smallest absolute Gasteiger partial charge is 0.0541 e. The van der Waals surface area contributed by atoms with Gasteiger partial charge in [0.25, 0.3) is 0 Å². The summed E-state index contributed by atoms with van der Waals surface area (Å²) in [5.41, 5.74) is 28.9. The van der Waals surface area contributed by atoms with Crippen LogP contribution in [0.4, 0.5) is 0 Å². The van der Waals surface area contributed by atoms with E-state index >= 15 is 0 Å². The molecule has 0 amide bonds. The van der Waals surface area contributed by atoms with Gasteiger partial charge in [-0.2, -0.15) is 0 Å². The van der Waals surface area contributed by atoms with Gasteiger partial charge in [0.15, 0.2) is 0 Å². The Labute approximate surface area is 579 Å². The molecule has 0 aliphatic heterocycles. The SMILES string of the molecule is c1ccc(-c2ccc(-c3cccc(-n4c5ccccc5c5cc(-c6ccc7c(c6)c6ccccc6n7-c6ccccc6)ccc54)c3)cc2)cc1.c1ccc(-c2cccc(-c3cccc(-n4c5ccccc5c5cc(-c6ccc7c(c6)c6ccccc6n7-c6ccccc6)ccc54)c3)c2)cc1. The minimum absolute atomic E-state index is 1.15. The Bertz CT molecular complexity index is 6490. The average molecular weight is 1270 g/mol. The Balaban J connectivity index is 0.000000139. The molecule has 0 atom stereocenters. The Morgan fingerprint density at radius 1 is 0.110 bits per heavy atom. The van der Waals surface area contributed by atoms with Crippen molar-refractivity contribution in [2.75, 3.05) is 0 Å². The van der Waals surface area contributed by atoms with Crippen molar-refractivity contribution in [3.05, 3.63) is 388 Å². The topological polar surface area (TPSA) is 19.7 Å². The van der Waals surface area contributed by atoms with Crippen molar-refractivity contribution >= 4 is 87.2 Å². The van der Waals surface area contributed by atoms with Gasteiger partial charge in [-0.25, -0.2) is 0 Å². The highest BCUT2D eigenvalue weighted by atomic mass is 15.0. The lowest BCUT2D eigenvalue weighted by Gasteiger charge is -2.12. The zero-order valence-electron chi connectivity index (χ0n) is 54.7. The molecule has 4 heteroatoms. The van der Waals surface area contributed by atoms with E-state index < -0.39 is 0 Å². The molecule has 0 spiro atoms. The van der Waals surface area contributed by atoms with Gasteiger partial charge in [-0.1, -0.05) is 261 Å². The molecule has 0 saturated heterocycles. The Hall–Kier alpha value is -13.3. The fraction of sp³-hybridized carbons (Fsp3) is 0. The molecule has 20 rings (SSSR count). The number of hydrogen-bond acceptors (Lipinski definition) is 0. The predicted octanol–water partition coefficient (Wildman–Crippen LogP) is 25.8. The van der Waals surface area contributed by atoms with Gasteiger partial charge in [0, 0.05) is 65.8 Å². The maximum atomic E-state index is 2.41. The summed E-state index contributed by atoms with van der Waals surface area (Å²) < 4.78 is 9.57. The molecule has 0 fully saturated rings. The maximum absolute atomic E-state index is 2.41. The van der Waals surface area contributed by atoms with Crippen molar-refractivity contribution in [1.29, 1.82) is 0 Å². The first kappa shape index (κ1) is 58.1. The molecule has 0 aliphatic carbocycles. The van der Waals surface area contributed by atoms with Gasteiger partial charge in [0.05, 0.1) is 44.1 Å². The summed E-state index contributed by atoms with van der Waals surface area (Å²) in [4.78, 5) is 0. The molecule has 4 aromatic heterocycles. The molecule has 100 heavy (non-hydrogen) atoms. The summed E-state index contributed by atoms with van der Waals surface area (Å²) in [7, 11) is 0. The summed E-state index contributed by atoms with van der Waals surface area (Å²) >= 11 is 0. The molecule has 0 bridgehead atoms. The molecule has 0 aliphatic rings. The summed E-state index contributed by atoms with van der Waals surface area (Å²) in [5.74, 6) is 0.